The number of halogens is 2. The Labute approximate surface area is 148 Å². The fourth-order valence-electron chi connectivity index (χ4n) is 2.40. The van der Waals surface area contributed by atoms with Crippen LogP contribution in [0.1, 0.15) is 16.7 Å². The summed E-state index contributed by atoms with van der Waals surface area (Å²) in [7, 11) is 0. The number of hydrogen-bond acceptors (Lipinski definition) is 5. The molecule has 1 aromatic heterocycles. The first-order valence-corrected chi connectivity index (χ1v) is 8.57. The van der Waals surface area contributed by atoms with Crippen molar-refractivity contribution in [2.24, 2.45) is 0 Å². The smallest absolute Gasteiger partial charge is 0.387 e. The SMILES string of the molecule is Cc1cc(C)cc(-c2nnc(SCc3ccc(OC(F)F)cc3)o2)c1. The minimum absolute atomic E-state index is 0.138. The standard InChI is InChI=1S/C18H16F2N2O2S/c1-11-7-12(2)9-14(8-11)16-21-22-18(24-16)25-10-13-3-5-15(6-4-13)23-17(19)20/h3-9,17H,10H2,1-2H3. The normalized spacial score (nSPS) is 11.1. The van der Waals surface area contributed by atoms with Crippen LogP contribution in [-0.4, -0.2) is 16.8 Å². The maximum absolute atomic E-state index is 12.1. The summed E-state index contributed by atoms with van der Waals surface area (Å²) in [4.78, 5) is 0. The number of hydrogen-bond donors (Lipinski definition) is 0. The van der Waals surface area contributed by atoms with Crippen LogP contribution in [0.25, 0.3) is 11.5 Å². The minimum Gasteiger partial charge on any atom is -0.435 e. The number of benzene rings is 2. The van der Waals surface area contributed by atoms with Gasteiger partial charge in [0.15, 0.2) is 0 Å². The van der Waals surface area contributed by atoms with Gasteiger partial charge in [-0.3, -0.25) is 0 Å². The second kappa shape index (κ2) is 7.65. The quantitative estimate of drug-likeness (QED) is 0.561. The Kier molecular flexibility index (Phi) is 5.33. The topological polar surface area (TPSA) is 48.2 Å². The zero-order valence-electron chi connectivity index (χ0n) is 13.7. The van der Waals surface area contributed by atoms with Gasteiger partial charge in [-0.2, -0.15) is 8.78 Å². The molecule has 0 radical (unpaired) electrons. The lowest BCUT2D eigenvalue weighted by Gasteiger charge is -2.04. The molecule has 0 atom stereocenters. The van der Waals surface area contributed by atoms with Gasteiger partial charge < -0.3 is 9.15 Å². The third-order valence-electron chi connectivity index (χ3n) is 3.39. The molecular weight excluding hydrogens is 346 g/mol. The van der Waals surface area contributed by atoms with Gasteiger partial charge >= 0.3 is 6.61 Å². The predicted octanol–water partition coefficient (Wildman–Crippen LogP) is 5.25. The van der Waals surface area contributed by atoms with Crippen molar-refractivity contribution >= 4 is 11.8 Å². The van der Waals surface area contributed by atoms with Crippen LogP contribution < -0.4 is 4.74 Å². The monoisotopic (exact) mass is 362 g/mol. The Morgan fingerprint density at radius 3 is 2.36 bits per heavy atom. The maximum Gasteiger partial charge on any atom is 0.387 e. The molecule has 0 spiro atoms. The van der Waals surface area contributed by atoms with Gasteiger partial charge in [0.1, 0.15) is 5.75 Å². The maximum atomic E-state index is 12.1. The van der Waals surface area contributed by atoms with E-state index in [1.54, 1.807) is 12.1 Å². The van der Waals surface area contributed by atoms with E-state index in [2.05, 4.69) is 21.0 Å². The first-order valence-electron chi connectivity index (χ1n) is 7.58. The van der Waals surface area contributed by atoms with E-state index in [0.717, 1.165) is 22.3 Å². The highest BCUT2D eigenvalue weighted by Gasteiger charge is 2.10. The van der Waals surface area contributed by atoms with Gasteiger partial charge in [0.2, 0.25) is 5.89 Å². The Balaban J connectivity index is 1.63. The second-order valence-corrected chi connectivity index (χ2v) is 6.49. The highest BCUT2D eigenvalue weighted by atomic mass is 32.2. The van der Waals surface area contributed by atoms with Crippen molar-refractivity contribution in [1.82, 2.24) is 10.2 Å². The number of nitrogens with zero attached hydrogens (tertiary/aromatic N) is 2. The van der Waals surface area contributed by atoms with Gasteiger partial charge in [0, 0.05) is 11.3 Å². The van der Waals surface area contributed by atoms with Crippen molar-refractivity contribution in [2.75, 3.05) is 0 Å². The number of aryl methyl sites for hydroxylation is 2. The molecule has 1 heterocycles. The molecule has 0 saturated carbocycles. The lowest BCUT2D eigenvalue weighted by molar-refractivity contribution is -0.0498. The highest BCUT2D eigenvalue weighted by Crippen LogP contribution is 2.27. The molecule has 0 aliphatic heterocycles. The van der Waals surface area contributed by atoms with Gasteiger partial charge in [0.25, 0.3) is 5.22 Å². The van der Waals surface area contributed by atoms with Crippen LogP contribution in [0.3, 0.4) is 0 Å². The molecule has 25 heavy (non-hydrogen) atoms. The molecule has 0 fully saturated rings. The van der Waals surface area contributed by atoms with E-state index < -0.39 is 6.61 Å². The first-order chi connectivity index (χ1) is 12.0. The van der Waals surface area contributed by atoms with E-state index in [1.165, 1.54) is 23.9 Å². The minimum atomic E-state index is -2.82. The van der Waals surface area contributed by atoms with Crippen molar-refractivity contribution in [3.8, 4) is 17.2 Å². The van der Waals surface area contributed by atoms with Gasteiger partial charge in [-0.1, -0.05) is 41.1 Å². The summed E-state index contributed by atoms with van der Waals surface area (Å²) in [6.07, 6.45) is 0. The molecule has 0 saturated heterocycles. The van der Waals surface area contributed by atoms with Gasteiger partial charge in [-0.15, -0.1) is 10.2 Å². The van der Waals surface area contributed by atoms with E-state index >= 15 is 0 Å². The third kappa shape index (κ3) is 4.79. The average Bonchev–Trinajstić information content (AvgIpc) is 3.02. The largest absolute Gasteiger partial charge is 0.435 e. The van der Waals surface area contributed by atoms with Gasteiger partial charge in [0.05, 0.1) is 0 Å². The summed E-state index contributed by atoms with van der Waals surface area (Å²) in [5.41, 5.74) is 4.10. The Bertz CT molecular complexity index is 830. The summed E-state index contributed by atoms with van der Waals surface area (Å²) in [6.45, 7) is 1.22. The van der Waals surface area contributed by atoms with Crippen LogP contribution in [0.15, 0.2) is 52.1 Å². The van der Waals surface area contributed by atoms with Crippen molar-refractivity contribution in [3.63, 3.8) is 0 Å². The number of rotatable bonds is 6. The van der Waals surface area contributed by atoms with E-state index in [-0.39, 0.29) is 5.75 Å². The zero-order valence-corrected chi connectivity index (χ0v) is 14.5. The van der Waals surface area contributed by atoms with Crippen LogP contribution in [0, 0.1) is 13.8 Å². The van der Waals surface area contributed by atoms with E-state index in [9.17, 15) is 8.78 Å². The summed E-state index contributed by atoms with van der Waals surface area (Å²) < 4.78 is 34.3. The Morgan fingerprint density at radius 1 is 1.04 bits per heavy atom. The van der Waals surface area contributed by atoms with E-state index in [0.29, 0.717) is 16.9 Å². The molecule has 130 valence electrons. The van der Waals surface area contributed by atoms with Crippen LogP contribution >= 0.6 is 11.8 Å². The molecule has 0 bridgehead atoms. The van der Waals surface area contributed by atoms with E-state index in [1.807, 2.05) is 26.0 Å². The Morgan fingerprint density at radius 2 is 1.72 bits per heavy atom. The van der Waals surface area contributed by atoms with Crippen molar-refractivity contribution in [1.29, 1.82) is 0 Å². The zero-order chi connectivity index (χ0) is 17.8. The van der Waals surface area contributed by atoms with Crippen molar-refractivity contribution < 1.29 is 17.9 Å². The molecule has 0 aliphatic carbocycles. The van der Waals surface area contributed by atoms with Crippen LogP contribution in [0.5, 0.6) is 5.75 Å². The number of ether oxygens (including phenoxy) is 1. The number of thioether (sulfide) groups is 1. The molecule has 0 amide bonds. The van der Waals surface area contributed by atoms with Crippen LogP contribution in [0.4, 0.5) is 8.78 Å². The molecule has 3 rings (SSSR count). The summed E-state index contributed by atoms with van der Waals surface area (Å²) >= 11 is 1.39. The molecule has 0 N–H and O–H groups in total. The fraction of sp³-hybridized carbons (Fsp3) is 0.222. The molecule has 7 heteroatoms. The molecular formula is C18H16F2N2O2S. The van der Waals surface area contributed by atoms with Crippen LogP contribution in [0.2, 0.25) is 0 Å². The molecule has 4 nitrogen and oxygen atoms in total. The third-order valence-corrected chi connectivity index (χ3v) is 4.28. The molecule has 2 aromatic carbocycles. The lowest BCUT2D eigenvalue weighted by Crippen LogP contribution is -2.01. The molecule has 0 aliphatic rings. The van der Waals surface area contributed by atoms with Crippen molar-refractivity contribution in [2.45, 2.75) is 31.4 Å². The van der Waals surface area contributed by atoms with Gasteiger partial charge in [-0.05, 0) is 43.7 Å². The molecule has 0 unspecified atom stereocenters. The molecule has 3 aromatic rings. The van der Waals surface area contributed by atoms with Crippen molar-refractivity contribution in [3.05, 3.63) is 59.2 Å². The summed E-state index contributed by atoms with van der Waals surface area (Å²) in [5, 5.41) is 8.59. The summed E-state index contributed by atoms with van der Waals surface area (Å²) in [6, 6.07) is 12.6. The second-order valence-electron chi connectivity index (χ2n) is 5.56. The van der Waals surface area contributed by atoms with Crippen LogP contribution in [-0.2, 0) is 5.75 Å². The van der Waals surface area contributed by atoms with Gasteiger partial charge in [-0.25, -0.2) is 0 Å². The predicted molar refractivity (Wildman–Crippen MR) is 91.8 cm³/mol. The lowest BCUT2D eigenvalue weighted by atomic mass is 10.1. The Hall–Kier alpha value is -2.41. The fourth-order valence-corrected chi connectivity index (χ4v) is 3.11. The van der Waals surface area contributed by atoms with E-state index in [4.69, 9.17) is 4.42 Å². The first kappa shape index (κ1) is 17.4. The highest BCUT2D eigenvalue weighted by molar-refractivity contribution is 7.98. The average molecular weight is 362 g/mol. The number of alkyl halides is 2. The number of aromatic nitrogens is 2. The summed E-state index contributed by atoms with van der Waals surface area (Å²) in [5.74, 6) is 1.21.